The van der Waals surface area contributed by atoms with E-state index in [9.17, 15) is 17.6 Å². The molecule has 0 aliphatic heterocycles. The van der Waals surface area contributed by atoms with Gasteiger partial charge < -0.3 is 5.32 Å². The molecule has 0 spiro atoms. The number of aryl methyl sites for hydroxylation is 1. The van der Waals surface area contributed by atoms with Gasteiger partial charge in [-0.2, -0.15) is 13.2 Å². The molecule has 0 aliphatic carbocycles. The minimum absolute atomic E-state index is 0.0116. The van der Waals surface area contributed by atoms with Crippen LogP contribution in [-0.4, -0.2) is 7.05 Å². The summed E-state index contributed by atoms with van der Waals surface area (Å²) in [6, 6.07) is 18.9. The Kier molecular flexibility index (Phi) is 8.16. The lowest BCUT2D eigenvalue weighted by atomic mass is 9.95. The maximum atomic E-state index is 13.8. The van der Waals surface area contributed by atoms with Gasteiger partial charge in [-0.05, 0) is 53.8 Å². The highest BCUT2D eigenvalue weighted by Crippen LogP contribution is 2.31. The Hall–Kier alpha value is -2.83. The van der Waals surface area contributed by atoms with Gasteiger partial charge in [-0.1, -0.05) is 66.7 Å². The number of hydrogen-bond donors (Lipinski definition) is 2. The number of benzene rings is 3. The second kappa shape index (κ2) is 10.9. The summed E-state index contributed by atoms with van der Waals surface area (Å²) in [6.45, 7) is 4.11. The number of likely N-dealkylation sites (N-methyl/N-ethyl adjacent to an activating group) is 1. The van der Waals surface area contributed by atoms with Crippen molar-refractivity contribution in [1.29, 1.82) is 0 Å². The predicted octanol–water partition coefficient (Wildman–Crippen LogP) is 7.24. The topological polar surface area (TPSA) is 24.1 Å². The normalized spacial score (nSPS) is 13.4. The number of hydrogen-bond acceptors (Lipinski definition) is 2. The van der Waals surface area contributed by atoms with E-state index < -0.39 is 17.6 Å². The van der Waals surface area contributed by atoms with Crippen LogP contribution in [0, 0.1) is 5.82 Å². The average molecular weight is 477 g/mol. The zero-order valence-corrected chi connectivity index (χ0v) is 18.8. The van der Waals surface area contributed by atoms with Gasteiger partial charge in [0, 0.05) is 18.8 Å². The minimum Gasteiger partial charge on any atom is -0.390 e. The quantitative estimate of drug-likeness (QED) is 0.318. The molecule has 3 rings (SSSR count). The number of alkyl halides is 3. The van der Waals surface area contributed by atoms with E-state index in [1.807, 2.05) is 30.3 Å². The Morgan fingerprint density at radius 1 is 0.970 bits per heavy atom. The summed E-state index contributed by atoms with van der Waals surface area (Å²) in [5.41, 5.74) is 2.60. The van der Waals surface area contributed by atoms with Crippen LogP contribution in [0.25, 0.3) is 0 Å². The molecule has 0 aromatic heterocycles. The standard InChI is InChI=1S/C26H25ClF4N2/c1-17(32-2)25(19-6-4-3-5-7-19)33-24(20-11-14-23(28)22(27)16-20)15-10-18-8-12-21(13-9-18)26(29,30)31/h3-9,11-14,16,24-25,32-33H,1,10,15H2,2H3/t24-,25+/m1/s1. The molecule has 0 heterocycles. The van der Waals surface area contributed by atoms with Crippen molar-refractivity contribution in [2.75, 3.05) is 7.05 Å². The summed E-state index contributed by atoms with van der Waals surface area (Å²) in [5.74, 6) is -0.513. The molecule has 0 unspecified atom stereocenters. The smallest absolute Gasteiger partial charge is 0.390 e. The summed E-state index contributed by atoms with van der Waals surface area (Å²) in [6.07, 6.45) is -3.31. The third-order valence-corrected chi connectivity index (χ3v) is 5.81. The van der Waals surface area contributed by atoms with Gasteiger partial charge in [0.05, 0.1) is 16.6 Å². The molecule has 7 heteroatoms. The summed E-state index contributed by atoms with van der Waals surface area (Å²) >= 11 is 6.04. The van der Waals surface area contributed by atoms with Crippen molar-refractivity contribution in [3.8, 4) is 0 Å². The summed E-state index contributed by atoms with van der Waals surface area (Å²) in [7, 11) is 1.78. The number of rotatable bonds is 9. The number of nitrogens with one attached hydrogen (secondary N) is 2. The fourth-order valence-corrected chi connectivity index (χ4v) is 3.82. The molecule has 2 N–H and O–H groups in total. The third-order valence-electron chi connectivity index (χ3n) is 5.52. The lowest BCUT2D eigenvalue weighted by Gasteiger charge is -2.28. The van der Waals surface area contributed by atoms with Crippen molar-refractivity contribution >= 4 is 11.6 Å². The van der Waals surface area contributed by atoms with Gasteiger partial charge >= 0.3 is 6.18 Å². The average Bonchev–Trinajstić information content (AvgIpc) is 2.81. The predicted molar refractivity (Wildman–Crippen MR) is 124 cm³/mol. The van der Waals surface area contributed by atoms with E-state index in [0.717, 1.165) is 34.5 Å². The maximum Gasteiger partial charge on any atom is 0.416 e. The second-order valence-corrected chi connectivity index (χ2v) is 8.15. The van der Waals surface area contributed by atoms with Gasteiger partial charge in [-0.3, -0.25) is 5.32 Å². The summed E-state index contributed by atoms with van der Waals surface area (Å²) < 4.78 is 52.4. The Labute approximate surface area is 196 Å². The van der Waals surface area contributed by atoms with Crippen LogP contribution in [0.3, 0.4) is 0 Å². The van der Waals surface area contributed by atoms with Crippen LogP contribution in [0.2, 0.25) is 5.02 Å². The molecule has 33 heavy (non-hydrogen) atoms. The second-order valence-electron chi connectivity index (χ2n) is 7.75. The third kappa shape index (κ3) is 6.59. The van der Waals surface area contributed by atoms with Crippen molar-refractivity contribution < 1.29 is 17.6 Å². The Morgan fingerprint density at radius 2 is 1.64 bits per heavy atom. The fourth-order valence-electron chi connectivity index (χ4n) is 3.64. The van der Waals surface area contributed by atoms with E-state index in [1.54, 1.807) is 19.2 Å². The van der Waals surface area contributed by atoms with Gasteiger partial charge in [-0.25, -0.2) is 4.39 Å². The molecule has 3 aromatic rings. The first kappa shape index (κ1) is 24.8. The van der Waals surface area contributed by atoms with Gasteiger partial charge in [-0.15, -0.1) is 0 Å². The molecule has 0 amide bonds. The van der Waals surface area contributed by atoms with E-state index in [-0.39, 0.29) is 17.1 Å². The summed E-state index contributed by atoms with van der Waals surface area (Å²) in [4.78, 5) is 0. The molecule has 2 atom stereocenters. The van der Waals surface area contributed by atoms with Crippen molar-refractivity contribution in [3.05, 3.63) is 118 Å². The first-order valence-electron chi connectivity index (χ1n) is 10.5. The molecule has 0 radical (unpaired) electrons. The van der Waals surface area contributed by atoms with E-state index in [1.165, 1.54) is 18.2 Å². The van der Waals surface area contributed by atoms with Gasteiger partial charge in [0.25, 0.3) is 0 Å². The highest BCUT2D eigenvalue weighted by atomic mass is 35.5. The molecule has 3 aromatic carbocycles. The molecule has 0 bridgehead atoms. The van der Waals surface area contributed by atoms with Crippen molar-refractivity contribution in [3.63, 3.8) is 0 Å². The zero-order chi connectivity index (χ0) is 24.0. The largest absolute Gasteiger partial charge is 0.416 e. The Bertz CT molecular complexity index is 1070. The van der Waals surface area contributed by atoms with Crippen LogP contribution in [-0.2, 0) is 12.6 Å². The Balaban J connectivity index is 1.87. The van der Waals surface area contributed by atoms with E-state index in [4.69, 9.17) is 11.6 Å². The van der Waals surface area contributed by atoms with Gasteiger partial charge in [0.15, 0.2) is 0 Å². The van der Waals surface area contributed by atoms with Crippen molar-refractivity contribution in [1.82, 2.24) is 10.6 Å². The molecule has 0 aliphatic rings. The van der Waals surface area contributed by atoms with Crippen LogP contribution in [0.1, 0.15) is 40.8 Å². The van der Waals surface area contributed by atoms with Crippen LogP contribution in [0.15, 0.2) is 85.1 Å². The lowest BCUT2D eigenvalue weighted by molar-refractivity contribution is -0.137. The fraction of sp³-hybridized carbons (Fsp3) is 0.231. The van der Waals surface area contributed by atoms with Crippen LogP contribution in [0.4, 0.5) is 17.6 Å². The molecule has 174 valence electrons. The van der Waals surface area contributed by atoms with Gasteiger partial charge in [0.2, 0.25) is 0 Å². The Morgan fingerprint density at radius 3 is 2.21 bits per heavy atom. The molecular formula is C26H25ClF4N2. The lowest BCUT2D eigenvalue weighted by Crippen LogP contribution is -2.31. The first-order chi connectivity index (χ1) is 15.7. The van der Waals surface area contributed by atoms with Crippen LogP contribution in [0.5, 0.6) is 0 Å². The van der Waals surface area contributed by atoms with E-state index in [2.05, 4.69) is 17.2 Å². The zero-order valence-electron chi connectivity index (χ0n) is 18.1. The monoisotopic (exact) mass is 476 g/mol. The van der Waals surface area contributed by atoms with Crippen molar-refractivity contribution in [2.24, 2.45) is 0 Å². The first-order valence-corrected chi connectivity index (χ1v) is 10.9. The van der Waals surface area contributed by atoms with Crippen LogP contribution >= 0.6 is 11.6 Å². The molecule has 2 nitrogen and oxygen atoms in total. The van der Waals surface area contributed by atoms with E-state index in [0.29, 0.717) is 12.8 Å². The van der Waals surface area contributed by atoms with Gasteiger partial charge in [0.1, 0.15) is 5.82 Å². The highest BCUT2D eigenvalue weighted by Gasteiger charge is 2.30. The van der Waals surface area contributed by atoms with Crippen LogP contribution < -0.4 is 10.6 Å². The van der Waals surface area contributed by atoms with Crippen molar-refractivity contribution in [2.45, 2.75) is 31.1 Å². The molecule has 0 saturated carbocycles. The molecule has 0 fully saturated rings. The molecule has 0 saturated heterocycles. The number of halogens is 5. The van der Waals surface area contributed by atoms with E-state index >= 15 is 0 Å². The minimum atomic E-state index is -4.37. The highest BCUT2D eigenvalue weighted by molar-refractivity contribution is 6.30. The maximum absolute atomic E-state index is 13.8. The molecular weight excluding hydrogens is 452 g/mol. The summed E-state index contributed by atoms with van der Waals surface area (Å²) in [5, 5.41) is 6.66. The SMILES string of the molecule is C=C(NC)[C@H](N[C@H](CCc1ccc(C(F)(F)F)cc1)c1ccc(F)c(Cl)c1)c1ccccc1.